The molecule has 31 heavy (non-hydrogen) atoms. The lowest BCUT2D eigenvalue weighted by Crippen LogP contribution is -2.34. The Bertz CT molecular complexity index is 1160. The molecule has 3 N–H and O–H groups in total. The molecule has 0 fully saturated rings. The second kappa shape index (κ2) is 7.35. The number of nitrogens with one attached hydrogen (secondary N) is 2. The number of benzene rings is 1. The minimum atomic E-state index is -4.21. The summed E-state index contributed by atoms with van der Waals surface area (Å²) in [5.74, 6) is 0.459. The van der Waals surface area contributed by atoms with Crippen molar-refractivity contribution < 1.29 is 22.7 Å². The van der Waals surface area contributed by atoms with Crippen molar-refractivity contribution in [1.29, 1.82) is 0 Å². The highest BCUT2D eigenvalue weighted by molar-refractivity contribution is 9.10. The van der Waals surface area contributed by atoms with Gasteiger partial charge in [-0.25, -0.2) is 9.52 Å². The van der Waals surface area contributed by atoms with Gasteiger partial charge in [0.05, 0.1) is 5.60 Å². The summed E-state index contributed by atoms with van der Waals surface area (Å²) in [6, 6.07) is 0.533. The number of furan rings is 1. The van der Waals surface area contributed by atoms with Gasteiger partial charge in [0.1, 0.15) is 5.76 Å². The van der Waals surface area contributed by atoms with Crippen LogP contribution in [0.5, 0.6) is 0 Å². The second-order valence-electron chi connectivity index (χ2n) is 8.90. The van der Waals surface area contributed by atoms with Crippen molar-refractivity contribution in [3.8, 4) is 0 Å². The van der Waals surface area contributed by atoms with Gasteiger partial charge in [-0.05, 0) is 80.5 Å². The molecule has 0 saturated carbocycles. The number of sulfonamides is 1. The number of amides is 2. The van der Waals surface area contributed by atoms with E-state index in [0.717, 1.165) is 59.8 Å². The normalized spacial score (nSPS) is 22.0. The molecule has 1 aromatic heterocycles. The minimum Gasteiger partial charge on any atom is -0.447 e. The van der Waals surface area contributed by atoms with Crippen molar-refractivity contribution in [2.45, 2.75) is 75.4 Å². The first-order chi connectivity index (χ1) is 14.7. The Morgan fingerprint density at radius 3 is 2.29 bits per heavy atom. The molecule has 0 spiro atoms. The van der Waals surface area contributed by atoms with E-state index in [0.29, 0.717) is 30.6 Å². The highest BCUT2D eigenvalue weighted by Gasteiger charge is 2.36. The Balaban J connectivity index is 1.42. The zero-order valence-corrected chi connectivity index (χ0v) is 19.7. The van der Waals surface area contributed by atoms with Crippen molar-refractivity contribution in [3.63, 3.8) is 0 Å². The molecular weight excluding hydrogens is 484 g/mol. The molecule has 9 heteroatoms. The first kappa shape index (κ1) is 21.0. The highest BCUT2D eigenvalue weighted by Crippen LogP contribution is 2.44. The van der Waals surface area contributed by atoms with E-state index in [-0.39, 0.29) is 5.09 Å². The maximum absolute atomic E-state index is 12.8. The van der Waals surface area contributed by atoms with Gasteiger partial charge in [0.25, 0.3) is 10.0 Å². The van der Waals surface area contributed by atoms with Crippen LogP contribution in [0.3, 0.4) is 0 Å². The molecular formula is C22H25BrN2O5S. The van der Waals surface area contributed by atoms with Crippen LogP contribution < -0.4 is 10.0 Å². The molecule has 1 aromatic carbocycles. The fourth-order valence-corrected chi connectivity index (χ4v) is 7.01. The number of halogens is 1. The first-order valence-electron chi connectivity index (χ1n) is 10.7. The molecule has 0 bridgehead atoms. The van der Waals surface area contributed by atoms with Gasteiger partial charge in [-0.1, -0.05) is 15.9 Å². The van der Waals surface area contributed by atoms with Crippen LogP contribution >= 0.6 is 15.9 Å². The van der Waals surface area contributed by atoms with Crippen molar-refractivity contribution in [2.24, 2.45) is 0 Å². The van der Waals surface area contributed by atoms with E-state index in [2.05, 4.69) is 26.0 Å². The zero-order chi connectivity index (χ0) is 22.0. The molecule has 3 aliphatic rings. The summed E-state index contributed by atoms with van der Waals surface area (Å²) in [4.78, 5) is 12.8. The number of urea groups is 1. The number of carbonyl (C=O) groups excluding carboxylic acids is 1. The SMILES string of the molecule is CC1(O)CCCc2oc(S(=O)(=O)NC(=O)Nc3c4c(c(Br)c5c3CCC5)CCC4)cc21. The van der Waals surface area contributed by atoms with Gasteiger partial charge in [0, 0.05) is 28.2 Å². The molecule has 1 unspecified atom stereocenters. The predicted octanol–water partition coefficient (Wildman–Crippen LogP) is 4.07. The average molecular weight is 509 g/mol. The van der Waals surface area contributed by atoms with Gasteiger partial charge in [0.2, 0.25) is 5.09 Å². The molecule has 0 aliphatic heterocycles. The van der Waals surface area contributed by atoms with Gasteiger partial charge in [-0.2, -0.15) is 8.42 Å². The smallest absolute Gasteiger partial charge is 0.333 e. The van der Waals surface area contributed by atoms with Gasteiger partial charge in [-0.3, -0.25) is 0 Å². The first-order valence-corrected chi connectivity index (χ1v) is 13.0. The molecule has 5 rings (SSSR count). The van der Waals surface area contributed by atoms with Crippen LogP contribution in [0.1, 0.15) is 66.2 Å². The summed E-state index contributed by atoms with van der Waals surface area (Å²) in [6.07, 6.45) is 7.48. The number of fused-ring (bicyclic) bond motifs is 3. The Morgan fingerprint density at radius 2 is 1.68 bits per heavy atom. The van der Waals surface area contributed by atoms with Gasteiger partial charge in [0.15, 0.2) is 0 Å². The summed E-state index contributed by atoms with van der Waals surface area (Å²) < 4.78 is 34.4. The lowest BCUT2D eigenvalue weighted by atomic mass is 9.85. The van der Waals surface area contributed by atoms with Crippen LogP contribution in [0.2, 0.25) is 0 Å². The maximum atomic E-state index is 12.8. The van der Waals surface area contributed by atoms with Crippen molar-refractivity contribution in [1.82, 2.24) is 4.72 Å². The maximum Gasteiger partial charge on any atom is 0.333 e. The predicted molar refractivity (Wildman–Crippen MR) is 119 cm³/mol. The summed E-state index contributed by atoms with van der Waals surface area (Å²) in [5, 5.41) is 13.0. The third-order valence-corrected chi connectivity index (χ3v) is 8.88. The Morgan fingerprint density at radius 1 is 1.06 bits per heavy atom. The van der Waals surface area contributed by atoms with E-state index >= 15 is 0 Å². The highest BCUT2D eigenvalue weighted by atomic mass is 79.9. The standard InChI is InChI=1S/C22H25BrN2O5S/c1-22(27)10-4-9-17-16(22)11-18(30-17)31(28,29)25-21(26)24-20-14-7-2-5-12(14)19(23)13-6-3-8-15(13)20/h11,27H,2-10H2,1H3,(H2,24,25,26). The lowest BCUT2D eigenvalue weighted by Gasteiger charge is -2.26. The quantitative estimate of drug-likeness (QED) is 0.578. The number of hydrogen-bond acceptors (Lipinski definition) is 5. The topological polar surface area (TPSA) is 109 Å². The van der Waals surface area contributed by atoms with Crippen LogP contribution in [-0.4, -0.2) is 19.6 Å². The van der Waals surface area contributed by atoms with Crippen LogP contribution in [0, 0.1) is 0 Å². The van der Waals surface area contributed by atoms with Gasteiger partial charge in [-0.15, -0.1) is 0 Å². The molecule has 166 valence electrons. The number of rotatable bonds is 3. The van der Waals surface area contributed by atoms with Crippen LogP contribution in [0.25, 0.3) is 0 Å². The summed E-state index contributed by atoms with van der Waals surface area (Å²) in [5.41, 5.74) is 4.75. The number of hydrogen-bond donors (Lipinski definition) is 3. The molecule has 1 atom stereocenters. The molecule has 1 heterocycles. The molecule has 7 nitrogen and oxygen atoms in total. The number of aryl methyl sites for hydroxylation is 1. The van der Waals surface area contributed by atoms with Crippen molar-refractivity contribution >= 4 is 37.7 Å². The van der Waals surface area contributed by atoms with E-state index < -0.39 is 21.7 Å². The average Bonchev–Trinajstić information content (AvgIpc) is 3.43. The van der Waals surface area contributed by atoms with Crippen LogP contribution in [-0.2, 0) is 47.7 Å². The van der Waals surface area contributed by atoms with E-state index in [4.69, 9.17) is 4.42 Å². The third-order valence-electron chi connectivity index (χ3n) is 6.73. The Hall–Kier alpha value is -1.84. The fourth-order valence-electron chi connectivity index (χ4n) is 5.26. The molecule has 0 saturated heterocycles. The van der Waals surface area contributed by atoms with Crippen LogP contribution in [0.4, 0.5) is 10.5 Å². The van der Waals surface area contributed by atoms with E-state index in [1.807, 2.05) is 0 Å². The number of aliphatic hydroxyl groups is 1. The summed E-state index contributed by atoms with van der Waals surface area (Å²) in [7, 11) is -4.21. The second-order valence-corrected chi connectivity index (χ2v) is 11.3. The largest absolute Gasteiger partial charge is 0.447 e. The molecule has 3 aliphatic carbocycles. The Labute approximate surface area is 189 Å². The zero-order valence-electron chi connectivity index (χ0n) is 17.3. The van der Waals surface area contributed by atoms with E-state index in [9.17, 15) is 18.3 Å². The summed E-state index contributed by atoms with van der Waals surface area (Å²) in [6.45, 7) is 1.64. The molecule has 2 amide bonds. The van der Waals surface area contributed by atoms with Gasteiger partial charge >= 0.3 is 6.03 Å². The van der Waals surface area contributed by atoms with E-state index in [1.165, 1.54) is 17.2 Å². The number of anilines is 1. The van der Waals surface area contributed by atoms with Crippen molar-refractivity contribution in [2.75, 3.05) is 5.32 Å². The minimum absolute atomic E-state index is 0.346. The van der Waals surface area contributed by atoms with Gasteiger partial charge < -0.3 is 14.8 Å². The Kier molecular flexibility index (Phi) is 4.99. The molecule has 2 aromatic rings. The monoisotopic (exact) mass is 508 g/mol. The van der Waals surface area contributed by atoms with Crippen molar-refractivity contribution in [3.05, 3.63) is 44.1 Å². The van der Waals surface area contributed by atoms with Crippen LogP contribution in [0.15, 0.2) is 20.0 Å². The summed E-state index contributed by atoms with van der Waals surface area (Å²) >= 11 is 3.74. The third kappa shape index (κ3) is 3.50. The number of carbonyl (C=O) groups is 1. The lowest BCUT2D eigenvalue weighted by molar-refractivity contribution is 0.0362. The van der Waals surface area contributed by atoms with E-state index in [1.54, 1.807) is 6.92 Å². The fraction of sp³-hybridized carbons (Fsp3) is 0.500. The molecule has 0 radical (unpaired) electrons.